The summed E-state index contributed by atoms with van der Waals surface area (Å²) in [7, 11) is 0. The minimum absolute atomic E-state index is 0.00287. The molecule has 1 heterocycles. The molecule has 0 amide bonds. The summed E-state index contributed by atoms with van der Waals surface area (Å²) in [4.78, 5) is 3.91. The van der Waals surface area contributed by atoms with Gasteiger partial charge in [0.15, 0.2) is 5.75 Å². The standard InChI is InChI=1S/C14H6ClF4NO/c15-13-9-5-7(14(17,18)19)1-3-11(9)21-12-4-2-8(16)6-10(12)20-13/h1-6H. The average Bonchev–Trinajstić information content (AvgIpc) is 2.53. The molecule has 1 aliphatic rings. The second kappa shape index (κ2) is 4.73. The van der Waals surface area contributed by atoms with Crippen LogP contribution >= 0.6 is 11.6 Å². The summed E-state index contributed by atoms with van der Waals surface area (Å²) in [5.74, 6) is -0.206. The van der Waals surface area contributed by atoms with E-state index in [0.717, 1.165) is 30.3 Å². The fourth-order valence-corrected chi connectivity index (χ4v) is 2.14. The largest absolute Gasteiger partial charge is 0.454 e. The lowest BCUT2D eigenvalue weighted by atomic mass is 10.1. The molecule has 3 rings (SSSR count). The van der Waals surface area contributed by atoms with Crippen molar-refractivity contribution < 1.29 is 22.3 Å². The van der Waals surface area contributed by atoms with Crippen LogP contribution in [0.15, 0.2) is 41.4 Å². The van der Waals surface area contributed by atoms with Gasteiger partial charge in [-0.1, -0.05) is 11.6 Å². The summed E-state index contributed by atoms with van der Waals surface area (Å²) in [5, 5.41) is -0.194. The van der Waals surface area contributed by atoms with Crippen LogP contribution in [-0.2, 0) is 6.18 Å². The summed E-state index contributed by atoms with van der Waals surface area (Å²) in [6, 6.07) is 6.49. The Morgan fingerprint density at radius 1 is 1.00 bits per heavy atom. The average molecular weight is 316 g/mol. The monoisotopic (exact) mass is 315 g/mol. The fraction of sp³-hybridized carbons (Fsp3) is 0.0714. The molecule has 0 fully saturated rings. The van der Waals surface area contributed by atoms with Crippen LogP contribution in [0.25, 0.3) is 0 Å². The molecule has 2 nitrogen and oxygen atoms in total. The molecule has 0 unspecified atom stereocenters. The summed E-state index contributed by atoms with van der Waals surface area (Å²) < 4.78 is 56.8. The zero-order chi connectivity index (χ0) is 15.2. The minimum atomic E-state index is -4.50. The van der Waals surface area contributed by atoms with Crippen LogP contribution in [0.1, 0.15) is 11.1 Å². The normalized spacial score (nSPS) is 13.7. The highest BCUT2D eigenvalue weighted by Gasteiger charge is 2.32. The Bertz CT molecular complexity index is 755. The van der Waals surface area contributed by atoms with E-state index in [1.54, 1.807) is 0 Å². The number of fused-ring (bicyclic) bond motifs is 2. The van der Waals surface area contributed by atoms with Crippen LogP contribution in [0.5, 0.6) is 11.5 Å². The van der Waals surface area contributed by atoms with Gasteiger partial charge >= 0.3 is 6.18 Å². The Hall–Kier alpha value is -2.08. The number of halogens is 5. The molecule has 0 atom stereocenters. The van der Waals surface area contributed by atoms with Crippen LogP contribution in [0.3, 0.4) is 0 Å². The quantitative estimate of drug-likeness (QED) is 0.607. The molecule has 0 saturated heterocycles. The first-order chi connectivity index (χ1) is 9.84. The first-order valence-electron chi connectivity index (χ1n) is 5.78. The number of hydrogen-bond acceptors (Lipinski definition) is 2. The summed E-state index contributed by atoms with van der Waals surface area (Å²) in [6.07, 6.45) is -4.50. The third-order valence-corrected chi connectivity index (χ3v) is 3.18. The number of aliphatic imine (C=N–C) groups is 1. The molecular weight excluding hydrogens is 310 g/mol. The third-order valence-electron chi connectivity index (χ3n) is 2.89. The predicted octanol–water partition coefficient (Wildman–Crippen LogP) is 5.27. The molecule has 0 radical (unpaired) electrons. The third kappa shape index (κ3) is 2.58. The topological polar surface area (TPSA) is 21.6 Å². The van der Waals surface area contributed by atoms with Gasteiger partial charge in [-0.2, -0.15) is 13.2 Å². The second-order valence-corrected chi connectivity index (χ2v) is 4.68. The van der Waals surface area contributed by atoms with Gasteiger partial charge in [0.05, 0.1) is 11.1 Å². The van der Waals surface area contributed by atoms with Gasteiger partial charge in [-0.15, -0.1) is 0 Å². The number of hydrogen-bond donors (Lipinski definition) is 0. The molecule has 108 valence electrons. The van der Waals surface area contributed by atoms with Gasteiger partial charge in [0.25, 0.3) is 0 Å². The Kier molecular flexibility index (Phi) is 3.13. The summed E-state index contributed by atoms with van der Waals surface area (Å²) in [5.41, 5.74) is -0.747. The van der Waals surface area contributed by atoms with Gasteiger partial charge in [0.2, 0.25) is 0 Å². The second-order valence-electron chi connectivity index (χ2n) is 4.33. The zero-order valence-corrected chi connectivity index (χ0v) is 11.0. The molecule has 21 heavy (non-hydrogen) atoms. The maximum absolute atomic E-state index is 13.2. The highest BCUT2D eigenvalue weighted by molar-refractivity contribution is 6.70. The molecule has 2 aromatic carbocycles. The van der Waals surface area contributed by atoms with Crippen molar-refractivity contribution in [3.63, 3.8) is 0 Å². The molecule has 0 bridgehead atoms. The van der Waals surface area contributed by atoms with Crippen LogP contribution < -0.4 is 4.74 Å². The fourth-order valence-electron chi connectivity index (χ4n) is 1.91. The first-order valence-corrected chi connectivity index (χ1v) is 6.15. The van der Waals surface area contributed by atoms with E-state index in [0.29, 0.717) is 0 Å². The molecule has 0 aliphatic carbocycles. The van der Waals surface area contributed by atoms with Gasteiger partial charge in [-0.25, -0.2) is 9.38 Å². The molecule has 0 spiro atoms. The molecule has 7 heteroatoms. The minimum Gasteiger partial charge on any atom is -0.454 e. The lowest BCUT2D eigenvalue weighted by Crippen LogP contribution is -2.06. The molecule has 1 aliphatic heterocycles. The molecule has 0 N–H and O–H groups in total. The Morgan fingerprint density at radius 3 is 2.43 bits per heavy atom. The van der Waals surface area contributed by atoms with Gasteiger partial charge < -0.3 is 4.74 Å². The van der Waals surface area contributed by atoms with E-state index in [9.17, 15) is 17.6 Å². The summed E-state index contributed by atoms with van der Waals surface area (Å²) >= 11 is 5.93. The van der Waals surface area contributed by atoms with Crippen molar-refractivity contribution in [2.24, 2.45) is 4.99 Å². The Morgan fingerprint density at radius 2 is 1.71 bits per heavy atom. The maximum Gasteiger partial charge on any atom is 0.416 e. The number of alkyl halides is 3. The zero-order valence-electron chi connectivity index (χ0n) is 10.2. The van der Waals surface area contributed by atoms with Gasteiger partial charge in [0, 0.05) is 6.07 Å². The number of nitrogens with zero attached hydrogens (tertiary/aromatic N) is 1. The predicted molar refractivity (Wildman–Crippen MR) is 70.0 cm³/mol. The van der Waals surface area contributed by atoms with E-state index in [1.807, 2.05) is 0 Å². The summed E-state index contributed by atoms with van der Waals surface area (Å²) in [6.45, 7) is 0. The Balaban J connectivity index is 2.17. The van der Waals surface area contributed by atoms with E-state index < -0.39 is 17.6 Å². The highest BCUT2D eigenvalue weighted by Crippen LogP contribution is 2.40. The number of rotatable bonds is 0. The molecular formula is C14H6ClF4NO. The van der Waals surface area contributed by atoms with Crippen LogP contribution in [-0.4, -0.2) is 5.17 Å². The molecule has 0 saturated carbocycles. The van der Waals surface area contributed by atoms with Gasteiger partial charge in [0.1, 0.15) is 22.4 Å². The highest BCUT2D eigenvalue weighted by atomic mass is 35.5. The maximum atomic E-state index is 13.2. The SMILES string of the molecule is Fc1ccc2c(c1)N=C(Cl)c1cc(C(F)(F)F)ccc1O2. The van der Waals surface area contributed by atoms with Crippen molar-refractivity contribution in [1.82, 2.24) is 0 Å². The lowest BCUT2D eigenvalue weighted by molar-refractivity contribution is -0.137. The van der Waals surface area contributed by atoms with Crippen LogP contribution in [0.2, 0.25) is 0 Å². The van der Waals surface area contributed by atoms with Gasteiger partial charge in [-0.05, 0) is 30.3 Å². The van der Waals surface area contributed by atoms with E-state index in [-0.39, 0.29) is 27.9 Å². The Labute approximate surface area is 121 Å². The van der Waals surface area contributed by atoms with Crippen molar-refractivity contribution in [2.45, 2.75) is 6.18 Å². The molecule has 2 aromatic rings. The van der Waals surface area contributed by atoms with E-state index in [4.69, 9.17) is 16.3 Å². The van der Waals surface area contributed by atoms with Crippen molar-refractivity contribution in [2.75, 3.05) is 0 Å². The first kappa shape index (κ1) is 13.9. The van der Waals surface area contributed by atoms with E-state index in [2.05, 4.69) is 4.99 Å². The number of ether oxygens (including phenoxy) is 1. The van der Waals surface area contributed by atoms with Gasteiger partial charge in [-0.3, -0.25) is 0 Å². The molecule has 0 aromatic heterocycles. The van der Waals surface area contributed by atoms with Crippen molar-refractivity contribution >= 4 is 22.5 Å². The van der Waals surface area contributed by atoms with Crippen molar-refractivity contribution in [3.05, 3.63) is 53.3 Å². The van der Waals surface area contributed by atoms with Crippen molar-refractivity contribution in [1.29, 1.82) is 0 Å². The van der Waals surface area contributed by atoms with E-state index >= 15 is 0 Å². The van der Waals surface area contributed by atoms with Crippen molar-refractivity contribution in [3.8, 4) is 11.5 Å². The number of benzene rings is 2. The van der Waals surface area contributed by atoms with Crippen LogP contribution in [0, 0.1) is 5.82 Å². The van der Waals surface area contributed by atoms with E-state index in [1.165, 1.54) is 6.07 Å². The lowest BCUT2D eigenvalue weighted by Gasteiger charge is -2.11. The smallest absolute Gasteiger partial charge is 0.416 e. The van der Waals surface area contributed by atoms with Crippen LogP contribution in [0.4, 0.5) is 23.2 Å².